The van der Waals surface area contributed by atoms with Crippen molar-refractivity contribution in [1.82, 2.24) is 4.90 Å². The summed E-state index contributed by atoms with van der Waals surface area (Å²) < 4.78 is 5.35. The highest BCUT2D eigenvalue weighted by atomic mass is 16.5. The molecule has 0 radical (unpaired) electrons. The highest BCUT2D eigenvalue weighted by Crippen LogP contribution is 2.26. The number of methoxy groups -OCH3 is 1. The summed E-state index contributed by atoms with van der Waals surface area (Å²) in [5.74, 6) is 0. The molecule has 1 saturated carbocycles. The van der Waals surface area contributed by atoms with Crippen LogP contribution in [0.15, 0.2) is 0 Å². The van der Waals surface area contributed by atoms with Crippen LogP contribution in [0, 0.1) is 0 Å². The lowest BCUT2D eigenvalue weighted by atomic mass is 10.1. The molecule has 0 aromatic heterocycles. The molecule has 2 fully saturated rings. The summed E-state index contributed by atoms with van der Waals surface area (Å²) >= 11 is 0. The largest absolute Gasteiger partial charge is 0.380 e. The Hall–Kier alpha value is -0.120. The van der Waals surface area contributed by atoms with Gasteiger partial charge >= 0.3 is 0 Å². The van der Waals surface area contributed by atoms with Crippen molar-refractivity contribution in [3.8, 4) is 0 Å². The number of likely N-dealkylation sites (tertiary alicyclic amines) is 1. The summed E-state index contributed by atoms with van der Waals surface area (Å²) in [6.45, 7) is 2.27. The minimum absolute atomic E-state index is 0.413. The maximum atomic E-state index is 6.06. The van der Waals surface area contributed by atoms with Gasteiger partial charge in [-0.05, 0) is 19.3 Å². The molecule has 3 atom stereocenters. The van der Waals surface area contributed by atoms with Gasteiger partial charge in [-0.2, -0.15) is 0 Å². The molecule has 2 aliphatic rings. The van der Waals surface area contributed by atoms with Gasteiger partial charge in [-0.1, -0.05) is 6.42 Å². The van der Waals surface area contributed by atoms with Crippen LogP contribution in [0.2, 0.25) is 0 Å². The molecule has 0 amide bonds. The first-order chi connectivity index (χ1) is 6.31. The van der Waals surface area contributed by atoms with Crippen LogP contribution in [0.3, 0.4) is 0 Å². The maximum Gasteiger partial charge on any atom is 0.0710 e. The standard InChI is InChI=1S/C10H20N2O/c1-13-8-5-6-12(7-8)10-4-2-3-9(10)11/h8-10H,2-7,11H2,1H3/t8-,9+,10-/m1/s1. The van der Waals surface area contributed by atoms with E-state index in [1.807, 2.05) is 7.11 Å². The van der Waals surface area contributed by atoms with Crippen LogP contribution >= 0.6 is 0 Å². The molecule has 13 heavy (non-hydrogen) atoms. The Morgan fingerprint density at radius 3 is 2.69 bits per heavy atom. The average Bonchev–Trinajstić information content (AvgIpc) is 2.71. The molecule has 1 saturated heterocycles. The molecule has 1 heterocycles. The van der Waals surface area contributed by atoms with Gasteiger partial charge in [0.15, 0.2) is 0 Å². The lowest BCUT2D eigenvalue weighted by Crippen LogP contribution is -2.43. The number of nitrogens with two attached hydrogens (primary N) is 1. The fraction of sp³-hybridized carbons (Fsp3) is 1.00. The van der Waals surface area contributed by atoms with E-state index in [0.29, 0.717) is 18.2 Å². The van der Waals surface area contributed by atoms with Gasteiger partial charge in [0, 0.05) is 32.3 Å². The van der Waals surface area contributed by atoms with Gasteiger partial charge in [0.05, 0.1) is 6.10 Å². The van der Waals surface area contributed by atoms with E-state index in [0.717, 1.165) is 6.54 Å². The van der Waals surface area contributed by atoms with Crippen molar-refractivity contribution >= 4 is 0 Å². The Morgan fingerprint density at radius 1 is 1.31 bits per heavy atom. The van der Waals surface area contributed by atoms with Gasteiger partial charge in [-0.25, -0.2) is 0 Å². The van der Waals surface area contributed by atoms with E-state index >= 15 is 0 Å². The Morgan fingerprint density at radius 2 is 2.15 bits per heavy atom. The molecule has 0 aromatic carbocycles. The first kappa shape index (κ1) is 9.44. The molecule has 2 N–H and O–H groups in total. The van der Waals surface area contributed by atoms with Crippen molar-refractivity contribution in [3.63, 3.8) is 0 Å². The van der Waals surface area contributed by atoms with E-state index in [1.54, 1.807) is 0 Å². The molecule has 0 spiro atoms. The topological polar surface area (TPSA) is 38.5 Å². The molecular weight excluding hydrogens is 164 g/mol. The number of nitrogens with zero attached hydrogens (tertiary/aromatic N) is 1. The third kappa shape index (κ3) is 1.87. The van der Waals surface area contributed by atoms with Crippen LogP contribution in [0.4, 0.5) is 0 Å². The van der Waals surface area contributed by atoms with Crippen molar-refractivity contribution in [2.45, 2.75) is 43.9 Å². The summed E-state index contributed by atoms with van der Waals surface area (Å²) in [7, 11) is 1.81. The Balaban J connectivity index is 1.88. The number of rotatable bonds is 2. The van der Waals surface area contributed by atoms with E-state index in [4.69, 9.17) is 10.5 Å². The quantitative estimate of drug-likeness (QED) is 0.682. The van der Waals surface area contributed by atoms with Crippen molar-refractivity contribution in [3.05, 3.63) is 0 Å². The van der Waals surface area contributed by atoms with Gasteiger partial charge in [-0.15, -0.1) is 0 Å². The van der Waals surface area contributed by atoms with Gasteiger partial charge in [-0.3, -0.25) is 4.90 Å². The number of hydrogen-bond acceptors (Lipinski definition) is 3. The molecule has 2 rings (SSSR count). The normalized spacial score (nSPS) is 41.5. The van der Waals surface area contributed by atoms with Crippen LogP contribution in [0.25, 0.3) is 0 Å². The van der Waals surface area contributed by atoms with Crippen molar-refractivity contribution in [1.29, 1.82) is 0 Å². The van der Waals surface area contributed by atoms with E-state index in [1.165, 1.54) is 32.2 Å². The van der Waals surface area contributed by atoms with Crippen LogP contribution in [0.5, 0.6) is 0 Å². The van der Waals surface area contributed by atoms with Crippen molar-refractivity contribution in [2.75, 3.05) is 20.2 Å². The second kappa shape index (κ2) is 3.95. The molecule has 1 aliphatic heterocycles. The summed E-state index contributed by atoms with van der Waals surface area (Å²) in [5.41, 5.74) is 6.06. The van der Waals surface area contributed by atoms with Crippen LogP contribution in [0.1, 0.15) is 25.7 Å². The molecule has 3 heteroatoms. The van der Waals surface area contributed by atoms with Gasteiger partial charge < -0.3 is 10.5 Å². The molecule has 1 aliphatic carbocycles. The lowest BCUT2D eigenvalue weighted by Gasteiger charge is -2.27. The van der Waals surface area contributed by atoms with Gasteiger partial charge in [0.2, 0.25) is 0 Å². The third-order valence-electron chi connectivity index (χ3n) is 3.51. The summed E-state index contributed by atoms with van der Waals surface area (Å²) in [6, 6.07) is 1.05. The summed E-state index contributed by atoms with van der Waals surface area (Å²) in [5, 5.41) is 0. The Kier molecular flexibility index (Phi) is 2.86. The van der Waals surface area contributed by atoms with Crippen LogP contribution in [-0.4, -0.2) is 43.3 Å². The fourth-order valence-corrected chi connectivity index (χ4v) is 2.67. The number of hydrogen-bond donors (Lipinski definition) is 1. The average molecular weight is 184 g/mol. The van der Waals surface area contributed by atoms with E-state index in [-0.39, 0.29) is 0 Å². The van der Waals surface area contributed by atoms with E-state index in [2.05, 4.69) is 4.90 Å². The van der Waals surface area contributed by atoms with Crippen LogP contribution in [-0.2, 0) is 4.74 Å². The zero-order valence-electron chi connectivity index (χ0n) is 8.41. The monoisotopic (exact) mass is 184 g/mol. The molecular formula is C10H20N2O. The first-order valence-corrected chi connectivity index (χ1v) is 5.33. The van der Waals surface area contributed by atoms with Crippen molar-refractivity contribution < 1.29 is 4.74 Å². The van der Waals surface area contributed by atoms with Gasteiger partial charge in [0.1, 0.15) is 0 Å². The zero-order chi connectivity index (χ0) is 9.26. The number of ether oxygens (including phenoxy) is 1. The van der Waals surface area contributed by atoms with Crippen LogP contribution < -0.4 is 5.73 Å². The highest BCUT2D eigenvalue weighted by molar-refractivity contribution is 4.91. The molecule has 0 aromatic rings. The molecule has 0 bridgehead atoms. The van der Waals surface area contributed by atoms with Gasteiger partial charge in [0.25, 0.3) is 0 Å². The van der Waals surface area contributed by atoms with Crippen molar-refractivity contribution in [2.24, 2.45) is 5.73 Å². The highest BCUT2D eigenvalue weighted by Gasteiger charge is 2.34. The predicted octanol–water partition coefficient (Wildman–Crippen LogP) is 0.587. The minimum atomic E-state index is 0.413. The smallest absolute Gasteiger partial charge is 0.0710 e. The maximum absolute atomic E-state index is 6.06. The third-order valence-corrected chi connectivity index (χ3v) is 3.51. The van der Waals surface area contributed by atoms with E-state index < -0.39 is 0 Å². The molecule has 76 valence electrons. The fourth-order valence-electron chi connectivity index (χ4n) is 2.67. The van der Waals surface area contributed by atoms with E-state index in [9.17, 15) is 0 Å². The zero-order valence-corrected chi connectivity index (χ0v) is 8.41. The molecule has 0 unspecified atom stereocenters. The Labute approximate surface area is 80.2 Å². The Bertz CT molecular complexity index is 174. The second-order valence-corrected chi connectivity index (χ2v) is 4.30. The summed E-state index contributed by atoms with van der Waals surface area (Å²) in [6.07, 6.45) is 5.43. The summed E-state index contributed by atoms with van der Waals surface area (Å²) in [4.78, 5) is 2.52. The first-order valence-electron chi connectivity index (χ1n) is 5.33. The predicted molar refractivity (Wildman–Crippen MR) is 52.6 cm³/mol. The SMILES string of the molecule is CO[C@@H]1CCN([C@@H]2CCC[C@@H]2N)C1. The second-order valence-electron chi connectivity index (χ2n) is 4.30. The minimum Gasteiger partial charge on any atom is -0.380 e. The molecule has 3 nitrogen and oxygen atoms in total. The lowest BCUT2D eigenvalue weighted by molar-refractivity contribution is 0.0997.